The molecule has 22 heavy (non-hydrogen) atoms. The minimum Gasteiger partial charge on any atom is -0.508 e. The van der Waals surface area contributed by atoms with Crippen molar-refractivity contribution in [1.82, 2.24) is 4.90 Å². The molecule has 3 rings (SSSR count). The SMILES string of the molecule is NC[C@@H]1CN(Cc2cc(O)ccc2Br)C[C@H]1c1ccccc1. The quantitative estimate of drug-likeness (QED) is 0.878. The molecule has 2 aromatic rings. The van der Waals surface area contributed by atoms with Crippen molar-refractivity contribution in [3.05, 3.63) is 64.1 Å². The van der Waals surface area contributed by atoms with Crippen LogP contribution in [0.5, 0.6) is 5.75 Å². The number of phenols is 1. The van der Waals surface area contributed by atoms with Gasteiger partial charge in [-0.05, 0) is 41.8 Å². The van der Waals surface area contributed by atoms with E-state index in [1.54, 1.807) is 6.07 Å². The summed E-state index contributed by atoms with van der Waals surface area (Å²) in [4.78, 5) is 2.43. The molecule has 0 unspecified atom stereocenters. The van der Waals surface area contributed by atoms with Crippen LogP contribution in [0.1, 0.15) is 17.0 Å². The summed E-state index contributed by atoms with van der Waals surface area (Å²) >= 11 is 3.57. The summed E-state index contributed by atoms with van der Waals surface area (Å²) in [7, 11) is 0. The van der Waals surface area contributed by atoms with Crippen LogP contribution in [0, 0.1) is 5.92 Å². The lowest BCUT2D eigenvalue weighted by Gasteiger charge is -2.17. The monoisotopic (exact) mass is 360 g/mol. The van der Waals surface area contributed by atoms with Gasteiger partial charge in [0.1, 0.15) is 5.75 Å². The first-order valence-corrected chi connectivity index (χ1v) is 8.41. The minimum atomic E-state index is 0.312. The van der Waals surface area contributed by atoms with Gasteiger partial charge in [-0.3, -0.25) is 4.90 Å². The largest absolute Gasteiger partial charge is 0.508 e. The number of halogens is 1. The molecular weight excluding hydrogens is 340 g/mol. The molecule has 1 aliphatic heterocycles. The highest BCUT2D eigenvalue weighted by atomic mass is 79.9. The topological polar surface area (TPSA) is 49.5 Å². The Bertz CT molecular complexity index is 632. The Morgan fingerprint density at radius 2 is 1.91 bits per heavy atom. The lowest BCUT2D eigenvalue weighted by molar-refractivity contribution is 0.315. The van der Waals surface area contributed by atoms with Crippen LogP contribution in [-0.4, -0.2) is 29.6 Å². The van der Waals surface area contributed by atoms with Crippen LogP contribution in [-0.2, 0) is 6.54 Å². The van der Waals surface area contributed by atoms with Gasteiger partial charge < -0.3 is 10.8 Å². The number of rotatable bonds is 4. The maximum atomic E-state index is 9.68. The number of nitrogens with zero attached hydrogens (tertiary/aromatic N) is 1. The third-order valence-corrected chi connectivity index (χ3v) is 5.24. The van der Waals surface area contributed by atoms with Crippen LogP contribution >= 0.6 is 15.9 Å². The molecule has 0 radical (unpaired) electrons. The fourth-order valence-electron chi connectivity index (χ4n) is 3.33. The number of benzene rings is 2. The van der Waals surface area contributed by atoms with Gasteiger partial charge in [0, 0.05) is 30.0 Å². The van der Waals surface area contributed by atoms with E-state index < -0.39 is 0 Å². The molecule has 0 amide bonds. The first kappa shape index (κ1) is 15.5. The summed E-state index contributed by atoms with van der Waals surface area (Å²) in [5, 5.41) is 9.68. The summed E-state index contributed by atoms with van der Waals surface area (Å²) < 4.78 is 1.04. The molecule has 1 heterocycles. The van der Waals surface area contributed by atoms with Crippen molar-refractivity contribution in [3.63, 3.8) is 0 Å². The van der Waals surface area contributed by atoms with Crippen molar-refractivity contribution in [3.8, 4) is 5.75 Å². The fourth-order valence-corrected chi connectivity index (χ4v) is 3.70. The Morgan fingerprint density at radius 1 is 1.14 bits per heavy atom. The van der Waals surface area contributed by atoms with E-state index in [4.69, 9.17) is 5.73 Å². The van der Waals surface area contributed by atoms with Gasteiger partial charge >= 0.3 is 0 Å². The van der Waals surface area contributed by atoms with Crippen molar-refractivity contribution < 1.29 is 5.11 Å². The maximum absolute atomic E-state index is 9.68. The molecule has 116 valence electrons. The third kappa shape index (κ3) is 3.35. The third-order valence-electron chi connectivity index (χ3n) is 4.47. The van der Waals surface area contributed by atoms with Crippen molar-refractivity contribution in [2.75, 3.05) is 19.6 Å². The second-order valence-electron chi connectivity index (χ2n) is 5.98. The highest BCUT2D eigenvalue weighted by Crippen LogP contribution is 2.34. The van der Waals surface area contributed by atoms with Gasteiger partial charge in [0.05, 0.1) is 0 Å². The Balaban J connectivity index is 1.76. The lowest BCUT2D eigenvalue weighted by Crippen LogP contribution is -2.23. The van der Waals surface area contributed by atoms with E-state index in [-0.39, 0.29) is 0 Å². The van der Waals surface area contributed by atoms with E-state index in [1.165, 1.54) is 5.56 Å². The van der Waals surface area contributed by atoms with E-state index in [9.17, 15) is 5.11 Å². The molecule has 1 fully saturated rings. The number of aromatic hydroxyl groups is 1. The van der Waals surface area contributed by atoms with Gasteiger partial charge in [0.25, 0.3) is 0 Å². The fraction of sp³-hybridized carbons (Fsp3) is 0.333. The number of hydrogen-bond donors (Lipinski definition) is 2. The predicted octanol–water partition coefficient (Wildman–Crippen LogP) is 3.33. The molecule has 3 nitrogen and oxygen atoms in total. The van der Waals surface area contributed by atoms with Gasteiger partial charge in [0.15, 0.2) is 0 Å². The van der Waals surface area contributed by atoms with Crippen LogP contribution in [0.25, 0.3) is 0 Å². The van der Waals surface area contributed by atoms with E-state index in [2.05, 4.69) is 51.2 Å². The number of hydrogen-bond acceptors (Lipinski definition) is 3. The van der Waals surface area contributed by atoms with Gasteiger partial charge in [-0.15, -0.1) is 0 Å². The highest BCUT2D eigenvalue weighted by Gasteiger charge is 2.32. The van der Waals surface area contributed by atoms with E-state index in [0.29, 0.717) is 24.1 Å². The number of phenolic OH excluding ortho intramolecular Hbond substituents is 1. The maximum Gasteiger partial charge on any atom is 0.115 e. The zero-order valence-corrected chi connectivity index (χ0v) is 14.0. The minimum absolute atomic E-state index is 0.312. The van der Waals surface area contributed by atoms with Gasteiger partial charge in [-0.2, -0.15) is 0 Å². The lowest BCUT2D eigenvalue weighted by atomic mass is 9.89. The Morgan fingerprint density at radius 3 is 2.64 bits per heavy atom. The standard InChI is InChI=1S/C18H21BrN2O/c19-18-7-6-16(22)8-14(18)10-21-11-15(9-20)17(12-21)13-4-2-1-3-5-13/h1-8,15,17,22H,9-12,20H2/t15-,17+/m1/s1. The molecule has 0 aromatic heterocycles. The number of likely N-dealkylation sites (tertiary alicyclic amines) is 1. The van der Waals surface area contributed by atoms with Crippen LogP contribution in [0.4, 0.5) is 0 Å². The first-order valence-electron chi connectivity index (χ1n) is 7.62. The molecule has 2 aromatic carbocycles. The summed E-state index contributed by atoms with van der Waals surface area (Å²) in [6.45, 7) is 3.54. The zero-order valence-electron chi connectivity index (χ0n) is 12.5. The van der Waals surface area contributed by atoms with Crippen LogP contribution in [0.2, 0.25) is 0 Å². The highest BCUT2D eigenvalue weighted by molar-refractivity contribution is 9.10. The number of nitrogens with two attached hydrogens (primary N) is 1. The predicted molar refractivity (Wildman–Crippen MR) is 92.8 cm³/mol. The van der Waals surface area contributed by atoms with Crippen molar-refractivity contribution >= 4 is 15.9 Å². The van der Waals surface area contributed by atoms with Gasteiger partial charge in [-0.25, -0.2) is 0 Å². The van der Waals surface area contributed by atoms with Gasteiger partial charge in [0.2, 0.25) is 0 Å². The van der Waals surface area contributed by atoms with Crippen LogP contribution in [0.3, 0.4) is 0 Å². The van der Waals surface area contributed by atoms with Crippen LogP contribution < -0.4 is 5.73 Å². The molecule has 0 bridgehead atoms. The average Bonchev–Trinajstić information content (AvgIpc) is 2.95. The molecule has 0 aliphatic carbocycles. The van der Waals surface area contributed by atoms with E-state index in [0.717, 1.165) is 29.7 Å². The molecule has 3 N–H and O–H groups in total. The van der Waals surface area contributed by atoms with Crippen molar-refractivity contribution in [2.45, 2.75) is 12.5 Å². The van der Waals surface area contributed by atoms with Crippen LogP contribution in [0.15, 0.2) is 53.0 Å². The molecule has 1 saturated heterocycles. The molecule has 0 saturated carbocycles. The molecule has 2 atom stereocenters. The Hall–Kier alpha value is -1.36. The summed E-state index contributed by atoms with van der Waals surface area (Å²) in [6.07, 6.45) is 0. The molecular formula is C18H21BrN2O. The Labute approximate surface area is 139 Å². The second-order valence-corrected chi connectivity index (χ2v) is 6.84. The average molecular weight is 361 g/mol. The van der Waals surface area contributed by atoms with E-state index >= 15 is 0 Å². The summed E-state index contributed by atoms with van der Waals surface area (Å²) in [5.41, 5.74) is 8.48. The molecule has 0 spiro atoms. The first-order chi connectivity index (χ1) is 10.7. The normalized spacial score (nSPS) is 22.1. The van der Waals surface area contributed by atoms with Gasteiger partial charge in [-0.1, -0.05) is 46.3 Å². The van der Waals surface area contributed by atoms with Crippen molar-refractivity contribution in [2.24, 2.45) is 11.7 Å². The zero-order chi connectivity index (χ0) is 15.5. The second kappa shape index (κ2) is 6.82. The van der Waals surface area contributed by atoms with Crippen molar-refractivity contribution in [1.29, 1.82) is 0 Å². The summed E-state index contributed by atoms with van der Waals surface area (Å²) in [5.74, 6) is 1.29. The molecule has 1 aliphatic rings. The Kier molecular flexibility index (Phi) is 4.81. The molecule has 4 heteroatoms. The summed E-state index contributed by atoms with van der Waals surface area (Å²) in [6, 6.07) is 16.1. The smallest absolute Gasteiger partial charge is 0.115 e. The van der Waals surface area contributed by atoms with E-state index in [1.807, 2.05) is 12.1 Å².